The van der Waals surface area contributed by atoms with E-state index in [-0.39, 0.29) is 5.54 Å². The highest BCUT2D eigenvalue weighted by Crippen LogP contribution is 2.20. The van der Waals surface area contributed by atoms with E-state index in [0.717, 1.165) is 0 Å². The summed E-state index contributed by atoms with van der Waals surface area (Å²) < 4.78 is 0. The fourth-order valence-electron chi connectivity index (χ4n) is 2.03. The summed E-state index contributed by atoms with van der Waals surface area (Å²) in [6.45, 7) is 2.11. The first-order valence-electron chi connectivity index (χ1n) is 5.60. The molecule has 0 unspecified atom stereocenters. The van der Waals surface area contributed by atoms with Crippen molar-refractivity contribution >= 4 is 23.2 Å². The zero-order chi connectivity index (χ0) is 10.4. The molecule has 84 valence electrons. The Kier molecular flexibility index (Phi) is 5.58. The van der Waals surface area contributed by atoms with Crippen LogP contribution in [-0.2, 0) is 0 Å². The first-order chi connectivity index (χ1) is 6.70. The first kappa shape index (κ1) is 12.6. The number of alkyl halides is 2. The van der Waals surface area contributed by atoms with Crippen molar-refractivity contribution in [3.63, 3.8) is 0 Å². The van der Waals surface area contributed by atoms with Crippen molar-refractivity contribution in [1.82, 2.24) is 5.32 Å². The van der Waals surface area contributed by atoms with Crippen LogP contribution in [-0.4, -0.2) is 23.3 Å². The zero-order valence-corrected chi connectivity index (χ0v) is 10.5. The summed E-state index contributed by atoms with van der Waals surface area (Å²) in [5.41, 5.74) is -0.0852. The molecule has 0 atom stereocenters. The van der Waals surface area contributed by atoms with Gasteiger partial charge in [-0.3, -0.25) is 0 Å². The Bertz CT molecular complexity index is 149. The minimum absolute atomic E-state index is 0.0852. The molecule has 14 heavy (non-hydrogen) atoms. The van der Waals surface area contributed by atoms with E-state index in [4.69, 9.17) is 23.2 Å². The van der Waals surface area contributed by atoms with Gasteiger partial charge < -0.3 is 5.32 Å². The van der Waals surface area contributed by atoms with E-state index in [1.54, 1.807) is 0 Å². The predicted molar refractivity (Wildman–Crippen MR) is 64.5 cm³/mol. The Morgan fingerprint density at radius 3 is 2.00 bits per heavy atom. The van der Waals surface area contributed by atoms with Crippen LogP contribution in [0.1, 0.15) is 45.4 Å². The topological polar surface area (TPSA) is 12.0 Å². The van der Waals surface area contributed by atoms with Crippen molar-refractivity contribution in [2.75, 3.05) is 11.8 Å². The van der Waals surface area contributed by atoms with Crippen molar-refractivity contribution in [3.8, 4) is 0 Å². The fraction of sp³-hybridized carbons (Fsp3) is 1.00. The second kappa shape index (κ2) is 6.19. The molecule has 0 saturated heterocycles. The molecule has 0 heterocycles. The van der Waals surface area contributed by atoms with E-state index >= 15 is 0 Å². The predicted octanol–water partition coefficient (Wildman–Crippen LogP) is 3.54. The van der Waals surface area contributed by atoms with Gasteiger partial charge in [-0.2, -0.15) is 0 Å². The van der Waals surface area contributed by atoms with Crippen molar-refractivity contribution in [3.05, 3.63) is 0 Å². The standard InChI is InChI=1S/C11H21Cl2N/c1-11(8-12,9-13)14-10-6-4-2-3-5-7-10/h10,14H,2-9H2,1H3. The minimum atomic E-state index is -0.0852. The fourth-order valence-corrected chi connectivity index (χ4v) is 2.47. The third-order valence-electron chi connectivity index (χ3n) is 3.00. The molecule has 1 aliphatic carbocycles. The number of hydrogen-bond acceptors (Lipinski definition) is 1. The Hall–Kier alpha value is 0.540. The molecule has 0 bridgehead atoms. The summed E-state index contributed by atoms with van der Waals surface area (Å²) in [6.07, 6.45) is 8.02. The maximum Gasteiger partial charge on any atom is 0.0427 e. The Balaban J connectivity index is 2.39. The third kappa shape index (κ3) is 3.96. The smallest absolute Gasteiger partial charge is 0.0427 e. The van der Waals surface area contributed by atoms with E-state index in [9.17, 15) is 0 Å². The molecule has 0 aromatic heterocycles. The summed E-state index contributed by atoms with van der Waals surface area (Å²) >= 11 is 11.8. The molecule has 1 N–H and O–H groups in total. The molecule has 1 fully saturated rings. The number of hydrogen-bond donors (Lipinski definition) is 1. The molecule has 1 rings (SSSR count). The second-order valence-electron chi connectivity index (χ2n) is 4.66. The summed E-state index contributed by atoms with van der Waals surface area (Å²) in [7, 11) is 0. The van der Waals surface area contributed by atoms with Crippen LogP contribution in [0.5, 0.6) is 0 Å². The van der Waals surface area contributed by atoms with Gasteiger partial charge in [0, 0.05) is 23.3 Å². The third-order valence-corrected chi connectivity index (χ3v) is 4.18. The van der Waals surface area contributed by atoms with Crippen LogP contribution in [0, 0.1) is 0 Å². The molecule has 3 heteroatoms. The Morgan fingerprint density at radius 1 is 1.07 bits per heavy atom. The molecular weight excluding hydrogens is 217 g/mol. The van der Waals surface area contributed by atoms with Gasteiger partial charge in [-0.25, -0.2) is 0 Å². The van der Waals surface area contributed by atoms with Crippen LogP contribution >= 0.6 is 23.2 Å². The van der Waals surface area contributed by atoms with Crippen molar-refractivity contribution in [2.24, 2.45) is 0 Å². The lowest BCUT2D eigenvalue weighted by atomic mass is 10.0. The lowest BCUT2D eigenvalue weighted by Crippen LogP contribution is -2.51. The van der Waals surface area contributed by atoms with Crippen LogP contribution in [0.2, 0.25) is 0 Å². The van der Waals surface area contributed by atoms with E-state index in [1.807, 2.05) is 0 Å². The number of halogens is 2. The van der Waals surface area contributed by atoms with Crippen molar-refractivity contribution in [1.29, 1.82) is 0 Å². The highest BCUT2D eigenvalue weighted by Gasteiger charge is 2.25. The molecule has 0 aromatic rings. The van der Waals surface area contributed by atoms with Crippen molar-refractivity contribution < 1.29 is 0 Å². The van der Waals surface area contributed by atoms with Crippen molar-refractivity contribution in [2.45, 2.75) is 57.0 Å². The average molecular weight is 238 g/mol. The lowest BCUT2D eigenvalue weighted by Gasteiger charge is -2.31. The molecule has 0 radical (unpaired) electrons. The number of rotatable bonds is 4. The van der Waals surface area contributed by atoms with Gasteiger partial charge in [-0.05, 0) is 19.8 Å². The SMILES string of the molecule is CC(CCl)(CCl)NC1CCCCCC1. The van der Waals surface area contributed by atoms with Gasteiger partial charge in [-0.15, -0.1) is 23.2 Å². The van der Waals surface area contributed by atoms with Gasteiger partial charge in [-0.1, -0.05) is 25.7 Å². The van der Waals surface area contributed by atoms with Gasteiger partial charge in [0.15, 0.2) is 0 Å². The lowest BCUT2D eigenvalue weighted by molar-refractivity contribution is 0.342. The maximum atomic E-state index is 5.92. The van der Waals surface area contributed by atoms with Gasteiger partial charge in [0.25, 0.3) is 0 Å². The molecule has 1 aliphatic rings. The normalized spacial score (nSPS) is 20.8. The van der Waals surface area contributed by atoms with E-state index < -0.39 is 0 Å². The largest absolute Gasteiger partial charge is 0.306 e. The quantitative estimate of drug-likeness (QED) is 0.583. The van der Waals surface area contributed by atoms with Crippen LogP contribution in [0.15, 0.2) is 0 Å². The summed E-state index contributed by atoms with van der Waals surface area (Å²) in [5, 5.41) is 3.61. The van der Waals surface area contributed by atoms with Gasteiger partial charge >= 0.3 is 0 Å². The molecule has 0 amide bonds. The number of nitrogens with one attached hydrogen (secondary N) is 1. The maximum absolute atomic E-state index is 5.92. The highest BCUT2D eigenvalue weighted by molar-refractivity contribution is 6.22. The molecule has 0 aromatic carbocycles. The average Bonchev–Trinajstić information content (AvgIpc) is 2.46. The molecule has 1 nitrogen and oxygen atoms in total. The van der Waals surface area contributed by atoms with Crippen LogP contribution in [0.4, 0.5) is 0 Å². The van der Waals surface area contributed by atoms with Gasteiger partial charge in [0.2, 0.25) is 0 Å². The van der Waals surface area contributed by atoms with E-state index in [0.29, 0.717) is 17.8 Å². The van der Waals surface area contributed by atoms with Gasteiger partial charge in [0.05, 0.1) is 0 Å². The van der Waals surface area contributed by atoms with Crippen LogP contribution in [0.25, 0.3) is 0 Å². The zero-order valence-electron chi connectivity index (χ0n) is 8.99. The second-order valence-corrected chi connectivity index (χ2v) is 5.20. The molecule has 0 spiro atoms. The van der Waals surface area contributed by atoms with E-state index in [2.05, 4.69) is 12.2 Å². The van der Waals surface area contributed by atoms with Crippen LogP contribution in [0.3, 0.4) is 0 Å². The molecule has 1 saturated carbocycles. The Labute approximate surface area is 97.5 Å². The summed E-state index contributed by atoms with van der Waals surface area (Å²) in [4.78, 5) is 0. The minimum Gasteiger partial charge on any atom is -0.306 e. The molecule has 0 aliphatic heterocycles. The highest BCUT2D eigenvalue weighted by atomic mass is 35.5. The molecular formula is C11H21Cl2N. The monoisotopic (exact) mass is 237 g/mol. The van der Waals surface area contributed by atoms with Crippen LogP contribution < -0.4 is 5.32 Å². The van der Waals surface area contributed by atoms with Gasteiger partial charge in [0.1, 0.15) is 0 Å². The van der Waals surface area contributed by atoms with E-state index in [1.165, 1.54) is 38.5 Å². The Morgan fingerprint density at radius 2 is 1.57 bits per heavy atom. The summed E-state index contributed by atoms with van der Waals surface area (Å²) in [5.74, 6) is 1.18. The summed E-state index contributed by atoms with van der Waals surface area (Å²) in [6, 6.07) is 0.625. The first-order valence-corrected chi connectivity index (χ1v) is 6.67.